The molecule has 1 atom stereocenters. The van der Waals surface area contributed by atoms with Crippen molar-refractivity contribution in [3.8, 4) is 0 Å². The Labute approximate surface area is 81.9 Å². The molecule has 0 aliphatic heterocycles. The van der Waals surface area contributed by atoms with E-state index in [1.54, 1.807) is 13.2 Å². The van der Waals surface area contributed by atoms with Gasteiger partial charge in [0.15, 0.2) is 0 Å². The molecule has 14 heavy (non-hydrogen) atoms. The molecular weight excluding hydrogens is 217 g/mol. The molecule has 0 amide bonds. The molecule has 0 rings (SSSR count). The fraction of sp³-hybridized carbons (Fsp3) is 0.714. The van der Waals surface area contributed by atoms with Crippen LogP contribution in [0.25, 0.3) is 0 Å². The number of hydrogen-bond acceptors (Lipinski definition) is 3. The zero-order valence-electron chi connectivity index (χ0n) is 8.06. The highest BCUT2D eigenvalue weighted by Gasteiger charge is 2.09. The monoisotopic (exact) mass is 232 g/mol. The zero-order chi connectivity index (χ0) is 11.6. The molecule has 0 saturated carbocycles. The number of aliphatic hydroxyl groups is 1. The molecule has 2 N–H and O–H groups in total. The van der Waals surface area contributed by atoms with Gasteiger partial charge in [0.05, 0.1) is 12.4 Å². The second-order valence-electron chi connectivity index (χ2n) is 2.40. The van der Waals surface area contributed by atoms with Crippen molar-refractivity contribution in [2.75, 3.05) is 6.61 Å². The standard InChI is InChI=1S/C7H14O2.F2HO2P/c1-3-4-5-9-6-7(2)8;1-5(2,3)4/h4-5,7-8H,3,6H2,1-2H3;(H,3,4). The van der Waals surface area contributed by atoms with E-state index in [0.29, 0.717) is 6.61 Å². The molecular formula is C7H15F2O4P. The van der Waals surface area contributed by atoms with Gasteiger partial charge < -0.3 is 9.84 Å². The van der Waals surface area contributed by atoms with E-state index in [9.17, 15) is 8.39 Å². The first-order chi connectivity index (χ1) is 6.27. The predicted octanol–water partition coefficient (Wildman–Crippen LogP) is 2.33. The van der Waals surface area contributed by atoms with Crippen LogP contribution in [0.3, 0.4) is 0 Å². The van der Waals surface area contributed by atoms with Crippen molar-refractivity contribution in [2.24, 2.45) is 0 Å². The van der Waals surface area contributed by atoms with E-state index in [1.165, 1.54) is 0 Å². The Balaban J connectivity index is 0. The maximum atomic E-state index is 10.1. The van der Waals surface area contributed by atoms with Gasteiger partial charge in [0.25, 0.3) is 0 Å². The van der Waals surface area contributed by atoms with Gasteiger partial charge in [-0.15, -0.1) is 8.39 Å². The molecule has 0 aliphatic rings. The van der Waals surface area contributed by atoms with Gasteiger partial charge in [0.2, 0.25) is 0 Å². The van der Waals surface area contributed by atoms with E-state index in [4.69, 9.17) is 19.3 Å². The molecule has 0 aromatic carbocycles. The van der Waals surface area contributed by atoms with Crippen LogP contribution in [-0.2, 0) is 9.30 Å². The fourth-order valence-electron chi connectivity index (χ4n) is 0.359. The Morgan fingerprint density at radius 3 is 2.29 bits per heavy atom. The summed E-state index contributed by atoms with van der Waals surface area (Å²) in [5.41, 5.74) is 0. The maximum absolute atomic E-state index is 10.1. The van der Waals surface area contributed by atoms with Crippen LogP contribution in [0.1, 0.15) is 20.3 Å². The molecule has 86 valence electrons. The second-order valence-corrected chi connectivity index (χ2v) is 3.27. The highest BCUT2D eigenvalue weighted by atomic mass is 31.2. The zero-order valence-corrected chi connectivity index (χ0v) is 8.95. The summed E-state index contributed by atoms with van der Waals surface area (Å²) >= 11 is 0. The fourth-order valence-corrected chi connectivity index (χ4v) is 0.359. The highest BCUT2D eigenvalue weighted by Crippen LogP contribution is 2.43. The first kappa shape index (κ1) is 16.0. The van der Waals surface area contributed by atoms with Gasteiger partial charge in [0, 0.05) is 0 Å². The summed E-state index contributed by atoms with van der Waals surface area (Å²) in [5.74, 6) is 0. The molecule has 0 heterocycles. The van der Waals surface area contributed by atoms with Crippen molar-refractivity contribution in [1.29, 1.82) is 0 Å². The molecule has 0 aromatic heterocycles. The van der Waals surface area contributed by atoms with Gasteiger partial charge in [0.1, 0.15) is 6.61 Å². The van der Waals surface area contributed by atoms with Gasteiger partial charge in [-0.2, -0.15) is 0 Å². The topological polar surface area (TPSA) is 66.8 Å². The number of rotatable bonds is 4. The molecule has 1 unspecified atom stereocenters. The minimum absolute atomic E-state index is 0.369. The van der Waals surface area contributed by atoms with Crippen LogP contribution in [0, 0.1) is 0 Å². The lowest BCUT2D eigenvalue weighted by Gasteiger charge is -2.01. The third-order valence-corrected chi connectivity index (χ3v) is 0.766. The second kappa shape index (κ2) is 9.12. The summed E-state index contributed by atoms with van der Waals surface area (Å²) < 4.78 is 33.6. The smallest absolute Gasteiger partial charge is 0.499 e. The number of hydrogen-bond donors (Lipinski definition) is 2. The van der Waals surface area contributed by atoms with E-state index in [0.717, 1.165) is 6.42 Å². The van der Waals surface area contributed by atoms with Gasteiger partial charge in [-0.1, -0.05) is 13.0 Å². The first-order valence-electron chi connectivity index (χ1n) is 3.94. The van der Waals surface area contributed by atoms with Crippen molar-refractivity contribution < 1.29 is 27.7 Å². The molecule has 0 radical (unpaired) electrons. The van der Waals surface area contributed by atoms with Crippen LogP contribution < -0.4 is 0 Å². The molecule has 0 aromatic rings. The summed E-state index contributed by atoms with van der Waals surface area (Å²) in [6.07, 6.45) is 4.13. The van der Waals surface area contributed by atoms with Crippen molar-refractivity contribution in [2.45, 2.75) is 26.4 Å². The van der Waals surface area contributed by atoms with E-state index >= 15 is 0 Å². The Bertz CT molecular complexity index is 182. The molecule has 0 fully saturated rings. The summed E-state index contributed by atoms with van der Waals surface area (Å²) in [6.45, 7) is 4.11. The number of halogens is 2. The molecule has 0 aliphatic carbocycles. The van der Waals surface area contributed by atoms with Crippen LogP contribution in [0.5, 0.6) is 0 Å². The predicted molar refractivity (Wildman–Crippen MR) is 49.1 cm³/mol. The van der Waals surface area contributed by atoms with Crippen LogP contribution >= 0.6 is 7.99 Å². The summed E-state index contributed by atoms with van der Waals surface area (Å²) in [7, 11) is -5.64. The lowest BCUT2D eigenvalue weighted by atomic mass is 10.4. The lowest BCUT2D eigenvalue weighted by molar-refractivity contribution is 0.0974. The van der Waals surface area contributed by atoms with E-state index in [1.807, 2.05) is 13.0 Å². The van der Waals surface area contributed by atoms with Gasteiger partial charge in [-0.25, -0.2) is 4.57 Å². The average Bonchev–Trinajstić information content (AvgIpc) is 1.94. The molecule has 0 saturated heterocycles. The Kier molecular flexibility index (Phi) is 10.4. The Morgan fingerprint density at radius 1 is 1.57 bits per heavy atom. The molecule has 0 bridgehead atoms. The van der Waals surface area contributed by atoms with Crippen LogP contribution in [0.4, 0.5) is 8.39 Å². The average molecular weight is 232 g/mol. The van der Waals surface area contributed by atoms with Crippen LogP contribution in [-0.4, -0.2) is 22.7 Å². The summed E-state index contributed by atoms with van der Waals surface area (Å²) in [6, 6.07) is 0. The lowest BCUT2D eigenvalue weighted by Crippen LogP contribution is -2.06. The first-order valence-corrected chi connectivity index (χ1v) is 5.38. The van der Waals surface area contributed by atoms with Crippen molar-refractivity contribution in [3.63, 3.8) is 0 Å². The van der Waals surface area contributed by atoms with Crippen LogP contribution in [0.2, 0.25) is 0 Å². The van der Waals surface area contributed by atoms with Crippen LogP contribution in [0.15, 0.2) is 12.3 Å². The van der Waals surface area contributed by atoms with Crippen molar-refractivity contribution in [3.05, 3.63) is 12.3 Å². The quantitative estimate of drug-likeness (QED) is 0.576. The third kappa shape index (κ3) is 41.7. The van der Waals surface area contributed by atoms with Gasteiger partial charge in [-0.3, -0.25) is 4.89 Å². The normalized spacial score (nSPS) is 13.3. The largest absolute Gasteiger partial charge is 0.549 e. The van der Waals surface area contributed by atoms with E-state index < -0.39 is 7.99 Å². The summed E-state index contributed by atoms with van der Waals surface area (Å²) in [4.78, 5) is 6.74. The number of aliphatic hydroxyl groups excluding tert-OH is 1. The maximum Gasteiger partial charge on any atom is 0.549 e. The van der Waals surface area contributed by atoms with Crippen molar-refractivity contribution >= 4 is 7.99 Å². The minimum atomic E-state index is -5.64. The molecule has 4 nitrogen and oxygen atoms in total. The Hall–Kier alpha value is -0.450. The van der Waals surface area contributed by atoms with E-state index in [2.05, 4.69) is 0 Å². The highest BCUT2D eigenvalue weighted by molar-refractivity contribution is 7.46. The van der Waals surface area contributed by atoms with Gasteiger partial charge in [-0.05, 0) is 13.3 Å². The molecule has 7 heteroatoms. The van der Waals surface area contributed by atoms with Crippen molar-refractivity contribution in [1.82, 2.24) is 0 Å². The minimum Gasteiger partial charge on any atom is -0.499 e. The molecule has 0 spiro atoms. The third-order valence-electron chi connectivity index (χ3n) is 0.766. The van der Waals surface area contributed by atoms with E-state index in [-0.39, 0.29) is 6.10 Å². The number of allylic oxidation sites excluding steroid dienone is 1. The Morgan fingerprint density at radius 2 is 2.00 bits per heavy atom. The number of ether oxygens (including phenoxy) is 1. The van der Waals surface area contributed by atoms with Gasteiger partial charge >= 0.3 is 7.99 Å². The summed E-state index contributed by atoms with van der Waals surface area (Å²) in [5, 5.41) is 8.69. The SMILES string of the molecule is CCC=COCC(C)O.O=P(O)(F)F.